The van der Waals surface area contributed by atoms with E-state index >= 15 is 0 Å². The maximum atomic E-state index is 12.9. The van der Waals surface area contributed by atoms with E-state index in [-0.39, 0.29) is 17.0 Å². The zero-order valence-electron chi connectivity index (χ0n) is 14.7. The molecule has 2 aromatic rings. The molecule has 3 rings (SSSR count). The first kappa shape index (κ1) is 19.1. The molecule has 2 N–H and O–H groups in total. The first-order valence-corrected chi connectivity index (χ1v) is 10.6. The molecular formula is C18H23FN4OS2. The minimum Gasteiger partial charge on any atom is -0.357 e. The maximum Gasteiger partial charge on any atom is 0.233 e. The largest absolute Gasteiger partial charge is 0.357 e. The van der Waals surface area contributed by atoms with Crippen molar-refractivity contribution in [3.63, 3.8) is 0 Å². The highest BCUT2D eigenvalue weighted by Gasteiger charge is 2.19. The molecule has 8 heteroatoms. The van der Waals surface area contributed by atoms with Crippen LogP contribution in [0, 0.1) is 5.82 Å². The Morgan fingerprint density at radius 1 is 1.27 bits per heavy atom. The van der Waals surface area contributed by atoms with Crippen LogP contribution < -0.4 is 10.6 Å². The highest BCUT2D eigenvalue weighted by atomic mass is 32.2. The lowest BCUT2D eigenvalue weighted by atomic mass is 9.96. The molecule has 0 aliphatic heterocycles. The molecule has 1 fully saturated rings. The summed E-state index contributed by atoms with van der Waals surface area (Å²) >= 11 is 2.90. The summed E-state index contributed by atoms with van der Waals surface area (Å²) in [6, 6.07) is 6.61. The molecule has 1 atom stereocenters. The van der Waals surface area contributed by atoms with Gasteiger partial charge in [-0.1, -0.05) is 54.5 Å². The predicted molar refractivity (Wildman–Crippen MR) is 104 cm³/mol. The topological polar surface area (TPSA) is 66.9 Å². The van der Waals surface area contributed by atoms with Gasteiger partial charge in [-0.25, -0.2) is 4.39 Å². The highest BCUT2D eigenvalue weighted by Crippen LogP contribution is 2.30. The summed E-state index contributed by atoms with van der Waals surface area (Å²) in [5.41, 5.74) is 0.867. The van der Waals surface area contributed by atoms with Gasteiger partial charge in [0.25, 0.3) is 0 Å². The fraction of sp³-hybridized carbons (Fsp3) is 0.500. The molecule has 5 nitrogen and oxygen atoms in total. The molecule has 1 amide bonds. The molecule has 0 bridgehead atoms. The first-order valence-electron chi connectivity index (χ1n) is 8.89. The Hall–Kier alpha value is -1.67. The van der Waals surface area contributed by atoms with Gasteiger partial charge < -0.3 is 10.6 Å². The standard InChI is InChI=1S/C18H23FN4OS2/c1-12(16(24)20-11-13-7-9-14(19)10-8-13)25-18-23-22-17(26-18)21-15-5-3-2-4-6-15/h7-10,12,15H,2-6,11H2,1H3,(H,20,24)(H,21,22). The number of carbonyl (C=O) groups excluding carboxylic acids is 1. The second-order valence-electron chi connectivity index (χ2n) is 6.46. The van der Waals surface area contributed by atoms with Gasteiger partial charge in [0, 0.05) is 12.6 Å². The molecule has 1 aromatic heterocycles. The molecule has 1 aliphatic rings. The zero-order chi connectivity index (χ0) is 18.4. The van der Waals surface area contributed by atoms with E-state index in [1.165, 1.54) is 67.3 Å². The summed E-state index contributed by atoms with van der Waals surface area (Å²) in [6.45, 7) is 2.23. The predicted octanol–water partition coefficient (Wildman–Crippen LogP) is 4.22. The lowest BCUT2D eigenvalue weighted by Gasteiger charge is -2.21. The van der Waals surface area contributed by atoms with Gasteiger partial charge in [0.2, 0.25) is 11.0 Å². The van der Waals surface area contributed by atoms with Crippen LogP contribution in [0.2, 0.25) is 0 Å². The second-order valence-corrected chi connectivity index (χ2v) is 9.02. The molecular weight excluding hydrogens is 371 g/mol. The number of carbonyl (C=O) groups is 1. The molecule has 140 valence electrons. The Bertz CT molecular complexity index is 716. The van der Waals surface area contributed by atoms with Crippen LogP contribution in [0.1, 0.15) is 44.6 Å². The van der Waals surface area contributed by atoms with Crippen molar-refractivity contribution in [3.8, 4) is 0 Å². The minimum absolute atomic E-state index is 0.0729. The fourth-order valence-electron chi connectivity index (χ4n) is 2.88. The number of thioether (sulfide) groups is 1. The van der Waals surface area contributed by atoms with Gasteiger partial charge in [0.15, 0.2) is 4.34 Å². The lowest BCUT2D eigenvalue weighted by Crippen LogP contribution is -2.30. The first-order chi connectivity index (χ1) is 12.6. The number of anilines is 1. The summed E-state index contributed by atoms with van der Waals surface area (Å²) in [5.74, 6) is -0.353. The van der Waals surface area contributed by atoms with Crippen molar-refractivity contribution in [1.29, 1.82) is 0 Å². The smallest absolute Gasteiger partial charge is 0.233 e. The third kappa shape index (κ3) is 5.67. The van der Waals surface area contributed by atoms with Crippen molar-refractivity contribution in [2.45, 2.75) is 61.2 Å². The lowest BCUT2D eigenvalue weighted by molar-refractivity contribution is -0.120. The van der Waals surface area contributed by atoms with E-state index in [9.17, 15) is 9.18 Å². The normalized spacial score (nSPS) is 16.2. The second kappa shape index (κ2) is 9.32. The van der Waals surface area contributed by atoms with E-state index in [1.807, 2.05) is 6.92 Å². The van der Waals surface area contributed by atoms with Crippen molar-refractivity contribution in [3.05, 3.63) is 35.6 Å². The number of aromatic nitrogens is 2. The summed E-state index contributed by atoms with van der Waals surface area (Å²) < 4.78 is 13.7. The SMILES string of the molecule is CC(Sc1nnc(NC2CCCCC2)s1)C(=O)NCc1ccc(F)cc1. The summed E-state index contributed by atoms with van der Waals surface area (Å²) in [7, 11) is 0. The van der Waals surface area contributed by atoms with Crippen molar-refractivity contribution in [2.75, 3.05) is 5.32 Å². The average molecular weight is 395 g/mol. The van der Waals surface area contributed by atoms with Gasteiger partial charge in [-0.05, 0) is 37.5 Å². The Labute approximate surface area is 161 Å². The Kier molecular flexibility index (Phi) is 6.85. The van der Waals surface area contributed by atoms with Crippen molar-refractivity contribution >= 4 is 34.1 Å². The maximum absolute atomic E-state index is 12.9. The highest BCUT2D eigenvalue weighted by molar-refractivity contribution is 8.02. The van der Waals surface area contributed by atoms with E-state index in [4.69, 9.17) is 0 Å². The number of amides is 1. The van der Waals surface area contributed by atoms with Crippen molar-refractivity contribution < 1.29 is 9.18 Å². The average Bonchev–Trinajstić information content (AvgIpc) is 3.08. The third-order valence-electron chi connectivity index (χ3n) is 4.37. The van der Waals surface area contributed by atoms with Gasteiger partial charge in [-0.15, -0.1) is 10.2 Å². The van der Waals surface area contributed by atoms with E-state index < -0.39 is 0 Å². The summed E-state index contributed by atoms with van der Waals surface area (Å²) in [5, 5.41) is 15.3. The van der Waals surface area contributed by atoms with Crippen molar-refractivity contribution in [2.24, 2.45) is 0 Å². The van der Waals surface area contributed by atoms with Crippen LogP contribution in [0.3, 0.4) is 0 Å². The molecule has 1 aromatic carbocycles. The molecule has 0 radical (unpaired) electrons. The van der Waals surface area contributed by atoms with E-state index in [2.05, 4.69) is 20.8 Å². The van der Waals surface area contributed by atoms with Gasteiger partial charge in [-0.2, -0.15) is 0 Å². The van der Waals surface area contributed by atoms with Gasteiger partial charge in [0.1, 0.15) is 5.82 Å². The quantitative estimate of drug-likeness (QED) is 0.688. The van der Waals surface area contributed by atoms with Crippen LogP contribution in [-0.4, -0.2) is 27.4 Å². The summed E-state index contributed by atoms with van der Waals surface area (Å²) in [6.07, 6.45) is 6.22. The number of nitrogens with one attached hydrogen (secondary N) is 2. The number of halogens is 1. The van der Waals surface area contributed by atoms with Gasteiger partial charge in [0.05, 0.1) is 5.25 Å². The molecule has 0 spiro atoms. The molecule has 1 aliphatic carbocycles. The van der Waals surface area contributed by atoms with Gasteiger partial charge >= 0.3 is 0 Å². The van der Waals surface area contributed by atoms with E-state index in [1.54, 1.807) is 12.1 Å². The molecule has 0 saturated heterocycles. The van der Waals surface area contributed by atoms with Crippen LogP contribution in [-0.2, 0) is 11.3 Å². The molecule has 1 saturated carbocycles. The van der Waals surface area contributed by atoms with E-state index in [0.717, 1.165) is 15.0 Å². The third-order valence-corrected chi connectivity index (χ3v) is 6.40. The Morgan fingerprint density at radius 3 is 2.73 bits per heavy atom. The molecule has 26 heavy (non-hydrogen) atoms. The van der Waals surface area contributed by atoms with Crippen LogP contribution >= 0.6 is 23.1 Å². The van der Waals surface area contributed by atoms with E-state index in [0.29, 0.717) is 12.6 Å². The number of nitrogens with zero attached hydrogens (tertiary/aromatic N) is 2. The van der Waals surface area contributed by atoms with Crippen molar-refractivity contribution in [1.82, 2.24) is 15.5 Å². The number of hydrogen-bond donors (Lipinski definition) is 2. The van der Waals surface area contributed by atoms with Gasteiger partial charge in [-0.3, -0.25) is 4.79 Å². The molecule has 1 heterocycles. The van der Waals surface area contributed by atoms with Crippen LogP contribution in [0.25, 0.3) is 0 Å². The fourth-order valence-corrected chi connectivity index (χ4v) is 4.87. The summed E-state index contributed by atoms with van der Waals surface area (Å²) in [4.78, 5) is 12.2. The Morgan fingerprint density at radius 2 is 2.00 bits per heavy atom. The van der Waals surface area contributed by atoms with Crippen LogP contribution in [0.4, 0.5) is 9.52 Å². The van der Waals surface area contributed by atoms with Crippen LogP contribution in [0.5, 0.6) is 0 Å². The zero-order valence-corrected chi connectivity index (χ0v) is 16.3. The number of rotatable bonds is 7. The number of benzene rings is 1. The Balaban J connectivity index is 1.45. The minimum atomic E-state index is -0.280. The molecule has 1 unspecified atom stereocenters. The van der Waals surface area contributed by atoms with Crippen LogP contribution in [0.15, 0.2) is 28.6 Å². The monoisotopic (exact) mass is 394 g/mol. The number of hydrogen-bond acceptors (Lipinski definition) is 6.